The highest BCUT2D eigenvalue weighted by Gasteiger charge is 2.39. The molecule has 92 valence electrons. The Kier molecular flexibility index (Phi) is 3.18. The molecule has 1 N–H and O–H groups in total. The molecule has 2 aliphatic carbocycles. The third-order valence-corrected chi connectivity index (χ3v) is 4.72. The van der Waals surface area contributed by atoms with Crippen molar-refractivity contribution in [1.29, 1.82) is 0 Å². The van der Waals surface area contributed by atoms with Gasteiger partial charge in [-0.05, 0) is 56.3 Å². The van der Waals surface area contributed by atoms with E-state index >= 15 is 0 Å². The summed E-state index contributed by atoms with van der Waals surface area (Å²) in [5, 5.41) is 10.2. The van der Waals surface area contributed by atoms with Crippen LogP contribution in [-0.2, 0) is 0 Å². The molecule has 0 bridgehead atoms. The van der Waals surface area contributed by atoms with E-state index in [4.69, 9.17) is 0 Å². The van der Waals surface area contributed by atoms with Crippen LogP contribution in [0.15, 0.2) is 11.6 Å². The second-order valence-corrected chi connectivity index (χ2v) is 6.55. The van der Waals surface area contributed by atoms with Crippen LogP contribution in [0.3, 0.4) is 0 Å². The lowest BCUT2D eigenvalue weighted by Crippen LogP contribution is -2.37. The predicted molar refractivity (Wildman–Crippen MR) is 68.2 cm³/mol. The molecule has 1 fully saturated rings. The Morgan fingerprint density at radius 1 is 1.31 bits per heavy atom. The topological polar surface area (TPSA) is 20.2 Å². The average molecular weight is 222 g/mol. The van der Waals surface area contributed by atoms with Gasteiger partial charge in [0.1, 0.15) is 0 Å². The molecule has 1 heteroatoms. The molecule has 2 rings (SSSR count). The Bertz CT molecular complexity index is 288. The predicted octanol–water partition coefficient (Wildman–Crippen LogP) is 3.78. The van der Waals surface area contributed by atoms with Crippen LogP contribution < -0.4 is 0 Å². The lowest BCUT2D eigenvalue weighted by molar-refractivity contribution is 0.0684. The van der Waals surface area contributed by atoms with E-state index in [2.05, 4.69) is 26.8 Å². The smallest absolute Gasteiger partial charge is 0.0802 e. The van der Waals surface area contributed by atoms with Crippen LogP contribution in [0.4, 0.5) is 0 Å². The maximum Gasteiger partial charge on any atom is 0.0802 e. The largest absolute Gasteiger partial charge is 0.386 e. The molecule has 0 heterocycles. The van der Waals surface area contributed by atoms with Crippen molar-refractivity contribution in [3.63, 3.8) is 0 Å². The second kappa shape index (κ2) is 4.18. The maximum atomic E-state index is 10.2. The average Bonchev–Trinajstić information content (AvgIpc) is 2.15. The summed E-state index contributed by atoms with van der Waals surface area (Å²) in [7, 11) is 0. The Balaban J connectivity index is 2.30. The number of allylic oxidation sites excluding steroid dienone is 1. The van der Waals surface area contributed by atoms with Gasteiger partial charge in [-0.15, -0.1) is 0 Å². The number of aliphatic hydroxyl groups is 1. The van der Waals surface area contributed by atoms with Crippen LogP contribution in [-0.4, -0.2) is 10.7 Å². The minimum Gasteiger partial charge on any atom is -0.386 e. The van der Waals surface area contributed by atoms with Gasteiger partial charge in [0.25, 0.3) is 0 Å². The first-order chi connectivity index (χ1) is 7.41. The van der Waals surface area contributed by atoms with Gasteiger partial charge in [-0.1, -0.05) is 32.4 Å². The van der Waals surface area contributed by atoms with E-state index in [1.54, 1.807) is 5.57 Å². The van der Waals surface area contributed by atoms with E-state index in [1.165, 1.54) is 19.3 Å². The van der Waals surface area contributed by atoms with E-state index in [0.717, 1.165) is 24.2 Å². The highest BCUT2D eigenvalue weighted by Crippen LogP contribution is 2.47. The Hall–Kier alpha value is -0.300. The van der Waals surface area contributed by atoms with Crippen molar-refractivity contribution in [1.82, 2.24) is 0 Å². The van der Waals surface area contributed by atoms with E-state index < -0.39 is 5.60 Å². The van der Waals surface area contributed by atoms with Crippen LogP contribution in [0.5, 0.6) is 0 Å². The lowest BCUT2D eigenvalue weighted by atomic mass is 9.62. The van der Waals surface area contributed by atoms with E-state index in [9.17, 15) is 5.11 Å². The molecule has 0 aromatic rings. The molecule has 0 unspecified atom stereocenters. The number of fused-ring (bicyclic) bond motifs is 1. The molecule has 16 heavy (non-hydrogen) atoms. The van der Waals surface area contributed by atoms with Crippen molar-refractivity contribution >= 4 is 0 Å². The molecule has 2 aliphatic rings. The van der Waals surface area contributed by atoms with Gasteiger partial charge in [-0.2, -0.15) is 0 Å². The number of hydrogen-bond acceptors (Lipinski definition) is 1. The molecule has 1 saturated carbocycles. The minimum absolute atomic E-state index is 0.546. The number of rotatable bonds is 1. The van der Waals surface area contributed by atoms with Crippen molar-refractivity contribution < 1.29 is 5.11 Å². The van der Waals surface area contributed by atoms with Crippen LogP contribution in [0.1, 0.15) is 53.4 Å². The summed E-state index contributed by atoms with van der Waals surface area (Å²) < 4.78 is 0. The number of hydrogen-bond donors (Lipinski definition) is 1. The van der Waals surface area contributed by atoms with E-state index in [-0.39, 0.29) is 0 Å². The zero-order chi connectivity index (χ0) is 11.9. The zero-order valence-corrected chi connectivity index (χ0v) is 11.2. The molecule has 0 radical (unpaired) electrons. The van der Waals surface area contributed by atoms with Gasteiger partial charge in [0.2, 0.25) is 0 Å². The summed E-state index contributed by atoms with van der Waals surface area (Å²) in [4.78, 5) is 0. The molecular weight excluding hydrogens is 196 g/mol. The van der Waals surface area contributed by atoms with Gasteiger partial charge in [-0.25, -0.2) is 0 Å². The van der Waals surface area contributed by atoms with E-state index in [1.807, 2.05) is 6.92 Å². The van der Waals surface area contributed by atoms with Crippen molar-refractivity contribution in [2.24, 2.45) is 23.7 Å². The van der Waals surface area contributed by atoms with Crippen molar-refractivity contribution in [2.75, 3.05) is 0 Å². The van der Waals surface area contributed by atoms with Crippen molar-refractivity contribution in [3.8, 4) is 0 Å². The standard InChI is InChI=1S/C15H26O/c1-10(2)12-6-5-11(3)13-7-8-15(4,16)9-14(12)13/h9-13,16H,5-8H2,1-4H3/t11-,12+,13-,15-/m0/s1. The first-order valence-electron chi connectivity index (χ1n) is 6.86. The minimum atomic E-state index is -0.546. The molecule has 0 spiro atoms. The maximum absolute atomic E-state index is 10.2. The molecular formula is C15H26O. The summed E-state index contributed by atoms with van der Waals surface area (Å²) in [5.41, 5.74) is 1.03. The Labute approximate surface area is 99.9 Å². The van der Waals surface area contributed by atoms with Crippen LogP contribution in [0, 0.1) is 23.7 Å². The highest BCUT2D eigenvalue weighted by molar-refractivity contribution is 5.23. The molecule has 0 saturated heterocycles. The summed E-state index contributed by atoms with van der Waals surface area (Å²) in [6.07, 6.45) is 7.01. The molecule has 1 nitrogen and oxygen atoms in total. The Morgan fingerprint density at radius 2 is 2.00 bits per heavy atom. The van der Waals surface area contributed by atoms with E-state index in [0.29, 0.717) is 5.92 Å². The first kappa shape index (κ1) is 12.2. The lowest BCUT2D eigenvalue weighted by Gasteiger charge is -2.44. The fourth-order valence-electron chi connectivity index (χ4n) is 3.68. The van der Waals surface area contributed by atoms with Gasteiger partial charge in [0, 0.05) is 0 Å². The van der Waals surface area contributed by atoms with Gasteiger partial charge in [-0.3, -0.25) is 0 Å². The quantitative estimate of drug-likeness (QED) is 0.669. The van der Waals surface area contributed by atoms with Crippen LogP contribution in [0.25, 0.3) is 0 Å². The summed E-state index contributed by atoms with van der Waals surface area (Å²) in [5.74, 6) is 3.00. The van der Waals surface area contributed by atoms with Gasteiger partial charge < -0.3 is 5.11 Å². The van der Waals surface area contributed by atoms with Gasteiger partial charge in [0.05, 0.1) is 5.60 Å². The molecule has 4 atom stereocenters. The third kappa shape index (κ3) is 2.20. The highest BCUT2D eigenvalue weighted by atomic mass is 16.3. The van der Waals surface area contributed by atoms with Crippen molar-refractivity contribution in [2.45, 2.75) is 59.0 Å². The van der Waals surface area contributed by atoms with Crippen LogP contribution >= 0.6 is 0 Å². The van der Waals surface area contributed by atoms with Gasteiger partial charge in [0.15, 0.2) is 0 Å². The second-order valence-electron chi connectivity index (χ2n) is 6.55. The van der Waals surface area contributed by atoms with Crippen molar-refractivity contribution in [3.05, 3.63) is 11.6 Å². The normalized spacial score (nSPS) is 44.1. The Morgan fingerprint density at radius 3 is 2.62 bits per heavy atom. The summed E-state index contributed by atoms with van der Waals surface area (Å²) >= 11 is 0. The first-order valence-corrected chi connectivity index (χ1v) is 6.86. The summed E-state index contributed by atoms with van der Waals surface area (Å²) in [6, 6.07) is 0. The third-order valence-electron chi connectivity index (χ3n) is 4.72. The zero-order valence-electron chi connectivity index (χ0n) is 11.2. The molecule has 0 aromatic carbocycles. The van der Waals surface area contributed by atoms with Crippen LogP contribution in [0.2, 0.25) is 0 Å². The molecule has 0 aliphatic heterocycles. The van der Waals surface area contributed by atoms with Gasteiger partial charge >= 0.3 is 0 Å². The summed E-state index contributed by atoms with van der Waals surface area (Å²) in [6.45, 7) is 8.99. The fraction of sp³-hybridized carbons (Fsp3) is 0.867. The monoisotopic (exact) mass is 222 g/mol. The molecule has 0 amide bonds. The molecule has 0 aromatic heterocycles. The fourth-order valence-corrected chi connectivity index (χ4v) is 3.68. The SMILES string of the molecule is CC(C)[C@H]1CC[C@H](C)[C@@H]2CC[C@](C)(O)C=C21.